The first-order chi connectivity index (χ1) is 10.3. The van der Waals surface area contributed by atoms with Crippen LogP contribution in [0.2, 0.25) is 0 Å². The lowest BCUT2D eigenvalue weighted by molar-refractivity contribution is 0.0136. The van der Waals surface area contributed by atoms with Gasteiger partial charge in [0.05, 0.1) is 0 Å². The van der Waals surface area contributed by atoms with Crippen LogP contribution >= 0.6 is 0 Å². The largest absolute Gasteiger partial charge is 0.444 e. The fourth-order valence-corrected chi connectivity index (χ4v) is 2.06. The van der Waals surface area contributed by atoms with Crippen LogP contribution in [-0.2, 0) is 4.74 Å². The second-order valence-corrected chi connectivity index (χ2v) is 6.04. The third kappa shape index (κ3) is 3.96. The van der Waals surface area contributed by atoms with Gasteiger partial charge in [-0.05, 0) is 38.5 Å². The zero-order chi connectivity index (χ0) is 16.3. The minimum atomic E-state index is -1.16. The summed E-state index contributed by atoms with van der Waals surface area (Å²) >= 11 is 0. The molecular formula is C15H21N3O4. The minimum absolute atomic E-state index is 0.121. The number of rotatable bonds is 4. The predicted octanol–water partition coefficient (Wildman–Crippen LogP) is 1.48. The zero-order valence-electron chi connectivity index (χ0n) is 12.8. The lowest BCUT2D eigenvalue weighted by Gasteiger charge is -2.22. The van der Waals surface area contributed by atoms with Gasteiger partial charge in [0.25, 0.3) is 0 Å². The second-order valence-electron chi connectivity index (χ2n) is 6.04. The molecule has 120 valence electrons. The van der Waals surface area contributed by atoms with Crippen molar-refractivity contribution in [2.75, 3.05) is 6.54 Å². The number of amides is 1. The number of H-pyrrole nitrogens is 1. The van der Waals surface area contributed by atoms with E-state index in [2.05, 4.69) is 15.3 Å². The maximum Gasteiger partial charge on any atom is 0.407 e. The number of hydrogen-bond donors (Lipinski definition) is 4. The van der Waals surface area contributed by atoms with Crippen molar-refractivity contribution in [3.05, 3.63) is 30.1 Å². The summed E-state index contributed by atoms with van der Waals surface area (Å²) in [4.78, 5) is 18.6. The standard InChI is InChI=1S/C15H21N3O4/c1-15(2,3)22-14(21)18-8-11(19)12(20)9-4-6-16-13-10(9)5-7-17-13/h4-7,11-12,19-20H,8H2,1-3H3,(H,16,17)(H,18,21). The van der Waals surface area contributed by atoms with E-state index >= 15 is 0 Å². The van der Waals surface area contributed by atoms with Crippen molar-refractivity contribution in [2.24, 2.45) is 0 Å². The fourth-order valence-electron chi connectivity index (χ4n) is 2.06. The highest BCUT2D eigenvalue weighted by atomic mass is 16.6. The minimum Gasteiger partial charge on any atom is -0.444 e. The first-order valence-electron chi connectivity index (χ1n) is 7.03. The van der Waals surface area contributed by atoms with Gasteiger partial charge < -0.3 is 25.3 Å². The number of nitrogens with one attached hydrogen (secondary N) is 2. The Morgan fingerprint density at radius 1 is 1.41 bits per heavy atom. The maximum absolute atomic E-state index is 11.6. The summed E-state index contributed by atoms with van der Waals surface area (Å²) in [5.41, 5.74) is 0.560. The molecule has 22 heavy (non-hydrogen) atoms. The Morgan fingerprint density at radius 2 is 2.14 bits per heavy atom. The molecule has 2 aromatic heterocycles. The van der Waals surface area contributed by atoms with E-state index in [-0.39, 0.29) is 6.54 Å². The summed E-state index contributed by atoms with van der Waals surface area (Å²) in [7, 11) is 0. The molecule has 7 heteroatoms. The molecule has 2 unspecified atom stereocenters. The molecular weight excluding hydrogens is 286 g/mol. The average Bonchev–Trinajstić information content (AvgIpc) is 2.90. The topological polar surface area (TPSA) is 107 Å². The fraction of sp³-hybridized carbons (Fsp3) is 0.467. The van der Waals surface area contributed by atoms with E-state index in [0.717, 1.165) is 5.39 Å². The lowest BCUT2D eigenvalue weighted by Crippen LogP contribution is -2.38. The molecule has 0 bridgehead atoms. The molecule has 2 aromatic rings. The van der Waals surface area contributed by atoms with Gasteiger partial charge in [0.1, 0.15) is 23.5 Å². The number of pyridine rings is 1. The Hall–Kier alpha value is -2.12. The van der Waals surface area contributed by atoms with Crippen molar-refractivity contribution >= 4 is 17.1 Å². The van der Waals surface area contributed by atoms with Crippen LogP contribution < -0.4 is 5.32 Å². The Bertz CT molecular complexity index is 648. The SMILES string of the molecule is CC(C)(C)OC(=O)NCC(O)C(O)c1ccnc2[nH]ccc12. The van der Waals surface area contributed by atoms with Gasteiger partial charge in [-0.1, -0.05) is 0 Å². The first kappa shape index (κ1) is 16.3. The van der Waals surface area contributed by atoms with E-state index in [9.17, 15) is 15.0 Å². The summed E-state index contributed by atoms with van der Waals surface area (Å²) in [6.07, 6.45) is 0.314. The number of hydrogen-bond acceptors (Lipinski definition) is 5. The average molecular weight is 307 g/mol. The monoisotopic (exact) mass is 307 g/mol. The van der Waals surface area contributed by atoms with Crippen LogP contribution in [0.1, 0.15) is 32.4 Å². The molecule has 0 aliphatic carbocycles. The zero-order valence-corrected chi connectivity index (χ0v) is 12.8. The van der Waals surface area contributed by atoms with E-state index in [0.29, 0.717) is 11.2 Å². The van der Waals surface area contributed by atoms with Crippen molar-refractivity contribution < 1.29 is 19.7 Å². The van der Waals surface area contributed by atoms with Crippen LogP contribution in [0.5, 0.6) is 0 Å². The molecule has 0 saturated carbocycles. The molecule has 0 spiro atoms. The number of carbonyl (C=O) groups is 1. The van der Waals surface area contributed by atoms with E-state index in [1.54, 1.807) is 45.3 Å². The van der Waals surface area contributed by atoms with Crippen LogP contribution in [0.15, 0.2) is 24.5 Å². The van der Waals surface area contributed by atoms with Gasteiger partial charge >= 0.3 is 6.09 Å². The molecule has 0 aromatic carbocycles. The van der Waals surface area contributed by atoms with Gasteiger partial charge in [0, 0.05) is 24.3 Å². The highest BCUT2D eigenvalue weighted by molar-refractivity contribution is 5.79. The molecule has 4 N–H and O–H groups in total. The van der Waals surface area contributed by atoms with Crippen LogP contribution in [-0.4, -0.2) is 44.5 Å². The molecule has 0 aliphatic rings. The number of aromatic amines is 1. The third-order valence-electron chi connectivity index (χ3n) is 3.03. The molecule has 1 amide bonds. The van der Waals surface area contributed by atoms with Crippen molar-refractivity contribution in [3.63, 3.8) is 0 Å². The number of aliphatic hydroxyl groups excluding tert-OH is 2. The van der Waals surface area contributed by atoms with Gasteiger partial charge in [-0.2, -0.15) is 0 Å². The highest BCUT2D eigenvalue weighted by Gasteiger charge is 2.23. The lowest BCUT2D eigenvalue weighted by atomic mass is 10.0. The molecule has 0 aliphatic heterocycles. The normalized spacial score (nSPS) is 14.6. The van der Waals surface area contributed by atoms with E-state index in [1.807, 2.05) is 0 Å². The number of alkyl carbamates (subject to hydrolysis) is 1. The van der Waals surface area contributed by atoms with Crippen LogP contribution in [0.4, 0.5) is 4.79 Å². The number of nitrogens with zero attached hydrogens (tertiary/aromatic N) is 1. The number of aromatic nitrogens is 2. The molecule has 2 atom stereocenters. The van der Waals surface area contributed by atoms with E-state index in [4.69, 9.17) is 4.74 Å². The maximum atomic E-state index is 11.6. The van der Waals surface area contributed by atoms with E-state index in [1.165, 1.54) is 0 Å². The summed E-state index contributed by atoms with van der Waals surface area (Å²) < 4.78 is 5.07. The second kappa shape index (κ2) is 6.33. The summed E-state index contributed by atoms with van der Waals surface area (Å²) in [6.45, 7) is 5.12. The van der Waals surface area contributed by atoms with Crippen LogP contribution in [0.3, 0.4) is 0 Å². The van der Waals surface area contributed by atoms with Crippen LogP contribution in [0, 0.1) is 0 Å². The molecule has 0 saturated heterocycles. The molecule has 2 heterocycles. The number of carbonyl (C=O) groups excluding carboxylic acids is 1. The van der Waals surface area contributed by atoms with Crippen LogP contribution in [0.25, 0.3) is 11.0 Å². The third-order valence-corrected chi connectivity index (χ3v) is 3.03. The molecule has 2 rings (SSSR count). The number of fused-ring (bicyclic) bond motifs is 1. The van der Waals surface area contributed by atoms with Crippen molar-refractivity contribution in [2.45, 2.75) is 38.6 Å². The van der Waals surface area contributed by atoms with Crippen molar-refractivity contribution in [3.8, 4) is 0 Å². The van der Waals surface area contributed by atoms with Gasteiger partial charge in [-0.3, -0.25) is 0 Å². The summed E-state index contributed by atoms with van der Waals surface area (Å²) in [5, 5.41) is 23.5. The number of aliphatic hydroxyl groups is 2. The Morgan fingerprint density at radius 3 is 2.82 bits per heavy atom. The van der Waals surface area contributed by atoms with Crippen molar-refractivity contribution in [1.29, 1.82) is 0 Å². The Labute approximate surface area is 128 Å². The molecule has 7 nitrogen and oxygen atoms in total. The van der Waals surface area contributed by atoms with Gasteiger partial charge in [0.15, 0.2) is 0 Å². The van der Waals surface area contributed by atoms with Gasteiger partial charge in [-0.15, -0.1) is 0 Å². The van der Waals surface area contributed by atoms with E-state index < -0.39 is 23.9 Å². The smallest absolute Gasteiger partial charge is 0.407 e. The summed E-state index contributed by atoms with van der Waals surface area (Å²) in [6, 6.07) is 3.41. The Balaban J connectivity index is 1.99. The molecule has 0 fully saturated rings. The Kier molecular flexibility index (Phi) is 4.68. The first-order valence-corrected chi connectivity index (χ1v) is 7.03. The highest BCUT2D eigenvalue weighted by Crippen LogP contribution is 2.24. The van der Waals surface area contributed by atoms with Gasteiger partial charge in [0.2, 0.25) is 0 Å². The summed E-state index contributed by atoms with van der Waals surface area (Å²) in [5.74, 6) is 0. The number of ether oxygens (including phenoxy) is 1. The molecule has 0 radical (unpaired) electrons. The quantitative estimate of drug-likeness (QED) is 0.684. The predicted molar refractivity (Wildman–Crippen MR) is 81.3 cm³/mol. The van der Waals surface area contributed by atoms with Crippen molar-refractivity contribution in [1.82, 2.24) is 15.3 Å². The van der Waals surface area contributed by atoms with Gasteiger partial charge in [-0.25, -0.2) is 9.78 Å².